The number of fused-ring (bicyclic) bond motifs is 1. The molecule has 1 aliphatic carbocycles. The van der Waals surface area contributed by atoms with E-state index in [4.69, 9.17) is 4.74 Å². The van der Waals surface area contributed by atoms with Gasteiger partial charge in [0.15, 0.2) is 5.78 Å². The molecule has 0 saturated heterocycles. The van der Waals surface area contributed by atoms with E-state index in [0.29, 0.717) is 13.0 Å². The summed E-state index contributed by atoms with van der Waals surface area (Å²) < 4.78 is 4.99. The van der Waals surface area contributed by atoms with Gasteiger partial charge in [0.2, 0.25) is 0 Å². The summed E-state index contributed by atoms with van der Waals surface area (Å²) in [4.78, 5) is 16.9. The van der Waals surface area contributed by atoms with Crippen molar-refractivity contribution >= 4 is 17.1 Å². The van der Waals surface area contributed by atoms with Crippen molar-refractivity contribution in [2.75, 3.05) is 13.7 Å². The molecular formula is C10H13NO2S. The van der Waals surface area contributed by atoms with Crippen LogP contribution in [0.4, 0.5) is 0 Å². The summed E-state index contributed by atoms with van der Waals surface area (Å²) >= 11 is 1.54. The molecule has 0 spiro atoms. The summed E-state index contributed by atoms with van der Waals surface area (Å²) in [6, 6.07) is 0. The van der Waals surface area contributed by atoms with Gasteiger partial charge in [-0.3, -0.25) is 4.79 Å². The third-order valence-corrected chi connectivity index (χ3v) is 3.53. The predicted octanol–water partition coefficient (Wildman–Crippen LogP) is 1.85. The highest BCUT2D eigenvalue weighted by Gasteiger charge is 2.21. The topological polar surface area (TPSA) is 39.2 Å². The van der Waals surface area contributed by atoms with E-state index in [2.05, 4.69) is 4.98 Å². The highest BCUT2D eigenvalue weighted by Crippen LogP contribution is 2.26. The van der Waals surface area contributed by atoms with Gasteiger partial charge in [0.1, 0.15) is 0 Å². The van der Waals surface area contributed by atoms with Crippen LogP contribution < -0.4 is 0 Å². The molecule has 1 heterocycles. The van der Waals surface area contributed by atoms with Gasteiger partial charge in [0.25, 0.3) is 0 Å². The third-order valence-electron chi connectivity index (χ3n) is 2.33. The number of aromatic nitrogens is 1. The summed E-state index contributed by atoms with van der Waals surface area (Å²) in [6.45, 7) is 0.681. The average Bonchev–Trinajstić information content (AvgIpc) is 2.59. The molecule has 1 aliphatic rings. The first-order chi connectivity index (χ1) is 6.81. The van der Waals surface area contributed by atoms with Crippen molar-refractivity contribution in [3.63, 3.8) is 0 Å². The molecule has 0 saturated carbocycles. The monoisotopic (exact) mass is 211 g/mol. The van der Waals surface area contributed by atoms with Gasteiger partial charge in [0.05, 0.1) is 22.2 Å². The quantitative estimate of drug-likeness (QED) is 0.766. The Hall–Kier alpha value is -0.740. The minimum Gasteiger partial charge on any atom is -0.384 e. The molecule has 4 heteroatoms. The SMILES string of the molecule is COCCc1nc2c(s1)C(=O)CCC2. The molecule has 0 radical (unpaired) electrons. The minimum atomic E-state index is 0.271. The van der Waals surface area contributed by atoms with E-state index in [1.54, 1.807) is 18.4 Å². The Morgan fingerprint density at radius 1 is 1.50 bits per heavy atom. The first-order valence-electron chi connectivity index (χ1n) is 4.82. The van der Waals surface area contributed by atoms with Crippen LogP contribution >= 0.6 is 11.3 Å². The lowest BCUT2D eigenvalue weighted by atomic mass is 10.0. The van der Waals surface area contributed by atoms with Gasteiger partial charge in [-0.25, -0.2) is 4.98 Å². The lowest BCUT2D eigenvalue weighted by Crippen LogP contribution is -2.07. The number of hydrogen-bond acceptors (Lipinski definition) is 4. The summed E-state index contributed by atoms with van der Waals surface area (Å²) in [6.07, 6.45) is 3.43. The van der Waals surface area contributed by atoms with Crippen LogP contribution in [0.3, 0.4) is 0 Å². The minimum absolute atomic E-state index is 0.271. The van der Waals surface area contributed by atoms with Crippen LogP contribution in [-0.4, -0.2) is 24.5 Å². The molecule has 0 fully saturated rings. The van der Waals surface area contributed by atoms with Crippen LogP contribution in [0.15, 0.2) is 0 Å². The summed E-state index contributed by atoms with van der Waals surface area (Å²) in [7, 11) is 1.68. The van der Waals surface area contributed by atoms with Crippen LogP contribution in [0, 0.1) is 0 Å². The number of thiazole rings is 1. The van der Waals surface area contributed by atoms with E-state index in [-0.39, 0.29) is 5.78 Å². The van der Waals surface area contributed by atoms with Gasteiger partial charge in [-0.05, 0) is 12.8 Å². The number of Topliss-reactive ketones (excluding diaryl/α,β-unsaturated/α-hetero) is 1. The number of aryl methyl sites for hydroxylation is 1. The lowest BCUT2D eigenvalue weighted by molar-refractivity contribution is 0.0976. The van der Waals surface area contributed by atoms with Crippen LogP contribution in [-0.2, 0) is 17.6 Å². The normalized spacial score (nSPS) is 15.6. The maximum atomic E-state index is 11.5. The van der Waals surface area contributed by atoms with Crippen LogP contribution in [0.5, 0.6) is 0 Å². The van der Waals surface area contributed by atoms with Crippen molar-refractivity contribution in [1.29, 1.82) is 0 Å². The number of rotatable bonds is 3. The molecule has 0 unspecified atom stereocenters. The molecule has 1 aromatic heterocycles. The number of ether oxygens (including phenoxy) is 1. The van der Waals surface area contributed by atoms with Crippen molar-refractivity contribution in [3.8, 4) is 0 Å². The van der Waals surface area contributed by atoms with Crippen molar-refractivity contribution in [2.24, 2.45) is 0 Å². The molecule has 0 bridgehead atoms. The zero-order chi connectivity index (χ0) is 9.97. The largest absolute Gasteiger partial charge is 0.384 e. The molecule has 3 nitrogen and oxygen atoms in total. The standard InChI is InChI=1S/C10H13NO2S/c1-13-6-5-9-11-7-3-2-4-8(12)10(7)14-9/h2-6H2,1H3. The highest BCUT2D eigenvalue weighted by molar-refractivity contribution is 7.13. The maximum absolute atomic E-state index is 11.5. The number of hydrogen-bond donors (Lipinski definition) is 0. The first kappa shape index (κ1) is 9.80. The fourth-order valence-corrected chi connectivity index (χ4v) is 2.67. The molecule has 76 valence electrons. The number of carbonyl (C=O) groups excluding carboxylic acids is 1. The number of methoxy groups -OCH3 is 1. The van der Waals surface area contributed by atoms with Gasteiger partial charge < -0.3 is 4.74 Å². The molecule has 1 aromatic rings. The first-order valence-corrected chi connectivity index (χ1v) is 5.63. The van der Waals surface area contributed by atoms with Crippen molar-refractivity contribution < 1.29 is 9.53 Å². The predicted molar refractivity (Wildman–Crippen MR) is 55.0 cm³/mol. The number of nitrogens with zero attached hydrogens (tertiary/aromatic N) is 1. The maximum Gasteiger partial charge on any atom is 0.174 e. The average molecular weight is 211 g/mol. The summed E-state index contributed by atoms with van der Waals surface area (Å²) in [5.74, 6) is 0.271. The van der Waals surface area contributed by atoms with Gasteiger partial charge in [-0.2, -0.15) is 0 Å². The van der Waals surface area contributed by atoms with Gasteiger partial charge in [-0.1, -0.05) is 0 Å². The molecule has 0 aromatic carbocycles. The lowest BCUT2D eigenvalue weighted by Gasteiger charge is -2.06. The van der Waals surface area contributed by atoms with Gasteiger partial charge >= 0.3 is 0 Å². The summed E-state index contributed by atoms with van der Waals surface area (Å²) in [5.41, 5.74) is 1.01. The van der Waals surface area contributed by atoms with E-state index < -0.39 is 0 Å². The Labute approximate surface area is 87.1 Å². The van der Waals surface area contributed by atoms with Crippen molar-refractivity contribution in [1.82, 2.24) is 4.98 Å². The molecule has 0 aliphatic heterocycles. The number of carbonyl (C=O) groups is 1. The fraction of sp³-hybridized carbons (Fsp3) is 0.600. The van der Waals surface area contributed by atoms with Gasteiger partial charge in [0, 0.05) is 20.0 Å². The van der Waals surface area contributed by atoms with Crippen molar-refractivity contribution in [2.45, 2.75) is 25.7 Å². The molecular weight excluding hydrogens is 198 g/mol. The fourth-order valence-electron chi connectivity index (χ4n) is 1.61. The smallest absolute Gasteiger partial charge is 0.174 e. The second kappa shape index (κ2) is 4.19. The Morgan fingerprint density at radius 2 is 2.36 bits per heavy atom. The Morgan fingerprint density at radius 3 is 3.07 bits per heavy atom. The molecule has 0 N–H and O–H groups in total. The zero-order valence-corrected chi connectivity index (χ0v) is 9.02. The Kier molecular flexibility index (Phi) is 2.93. The molecule has 0 atom stereocenters. The Balaban J connectivity index is 2.17. The second-order valence-corrected chi connectivity index (χ2v) is 4.49. The van der Waals surface area contributed by atoms with E-state index in [9.17, 15) is 4.79 Å². The molecule has 2 rings (SSSR count). The van der Waals surface area contributed by atoms with Gasteiger partial charge in [-0.15, -0.1) is 11.3 Å². The van der Waals surface area contributed by atoms with Crippen molar-refractivity contribution in [3.05, 3.63) is 15.6 Å². The third kappa shape index (κ3) is 1.86. The zero-order valence-electron chi connectivity index (χ0n) is 8.21. The molecule has 0 amide bonds. The molecule has 14 heavy (non-hydrogen) atoms. The Bertz CT molecular complexity index is 346. The summed E-state index contributed by atoms with van der Waals surface area (Å²) in [5, 5.41) is 1.03. The van der Waals surface area contributed by atoms with Crippen LogP contribution in [0.1, 0.15) is 33.2 Å². The van der Waals surface area contributed by atoms with Crippen LogP contribution in [0.2, 0.25) is 0 Å². The van der Waals surface area contributed by atoms with E-state index in [1.165, 1.54) is 0 Å². The van der Waals surface area contributed by atoms with E-state index >= 15 is 0 Å². The van der Waals surface area contributed by atoms with E-state index in [0.717, 1.165) is 34.8 Å². The second-order valence-electron chi connectivity index (χ2n) is 3.40. The van der Waals surface area contributed by atoms with E-state index in [1.807, 2.05) is 0 Å². The highest BCUT2D eigenvalue weighted by atomic mass is 32.1. The van der Waals surface area contributed by atoms with Crippen LogP contribution in [0.25, 0.3) is 0 Å². The number of ketones is 1.